The number of nitrogens with zero attached hydrogens (tertiary/aromatic N) is 1. The molecule has 42 heavy (non-hydrogen) atoms. The Labute approximate surface area is 244 Å². The fraction of sp³-hybridized carbons (Fsp3) is 0.600. The number of alkyl halides is 5. The summed E-state index contributed by atoms with van der Waals surface area (Å²) in [4.78, 5) is 32.1. The average Bonchev–Trinajstić information content (AvgIpc) is 3.37. The summed E-state index contributed by atoms with van der Waals surface area (Å²) in [5.41, 5.74) is -9.58. The quantitative estimate of drug-likeness (QED) is 0.446. The zero-order chi connectivity index (χ0) is 30.8. The lowest BCUT2D eigenvalue weighted by molar-refractivity contribution is -0.256. The smallest absolute Gasteiger partial charge is 0.390 e. The van der Waals surface area contributed by atoms with E-state index in [1.54, 1.807) is 13.8 Å². The van der Waals surface area contributed by atoms with Gasteiger partial charge in [-0.25, -0.2) is 8.78 Å². The minimum absolute atomic E-state index is 0.0199. The fourth-order valence-corrected chi connectivity index (χ4v) is 9.58. The Morgan fingerprint density at radius 3 is 2.55 bits per heavy atom. The summed E-state index contributed by atoms with van der Waals surface area (Å²) in [5.74, 6) is -3.10. The van der Waals surface area contributed by atoms with E-state index in [-0.39, 0.29) is 37.1 Å². The van der Waals surface area contributed by atoms with Crippen molar-refractivity contribution in [1.82, 2.24) is 0 Å². The largest absolute Gasteiger partial charge is 0.417 e. The Bertz CT molecular complexity index is 1450. The van der Waals surface area contributed by atoms with E-state index in [9.17, 15) is 33.0 Å². The molecule has 5 aliphatic rings. The second-order valence-electron chi connectivity index (χ2n) is 13.1. The molecule has 6 rings (SSSR count). The molecule has 4 aliphatic carbocycles. The predicted octanol–water partition coefficient (Wildman–Crippen LogP) is 5.35. The number of ketones is 2. The van der Waals surface area contributed by atoms with Gasteiger partial charge in [0.15, 0.2) is 22.8 Å². The van der Waals surface area contributed by atoms with Gasteiger partial charge in [0.25, 0.3) is 0 Å². The third-order valence-corrected chi connectivity index (χ3v) is 11.8. The first-order chi connectivity index (χ1) is 19.4. The van der Waals surface area contributed by atoms with Crippen molar-refractivity contribution in [2.75, 3.05) is 18.2 Å². The number of carbonyl (C=O) groups is 2. The molecule has 12 heteroatoms. The van der Waals surface area contributed by atoms with Crippen LogP contribution in [0.2, 0.25) is 5.02 Å². The summed E-state index contributed by atoms with van der Waals surface area (Å²) in [5, 5.41) is 22.4. The number of allylic oxidation sites excluding steroid dienone is 4. The molecule has 2 N–H and O–H groups in total. The lowest BCUT2D eigenvalue weighted by Crippen LogP contribution is -2.73. The molecule has 1 aromatic rings. The van der Waals surface area contributed by atoms with Crippen LogP contribution in [0.4, 0.5) is 27.6 Å². The molecule has 0 spiro atoms. The number of carbonyl (C=O) groups excluding carboxylic acids is 2. The molecular formula is C30H31ClF5NO5. The highest BCUT2D eigenvalue weighted by Crippen LogP contribution is 2.77. The first-order valence-electron chi connectivity index (χ1n) is 13.8. The van der Waals surface area contributed by atoms with Gasteiger partial charge in [-0.2, -0.15) is 13.2 Å². The number of hydroxylamine groups is 1. The summed E-state index contributed by atoms with van der Waals surface area (Å²) in [7, 11) is 0. The average molecular weight is 616 g/mol. The lowest BCUT2D eigenvalue weighted by Gasteiger charge is -2.67. The molecular weight excluding hydrogens is 585 g/mol. The molecule has 1 aliphatic heterocycles. The van der Waals surface area contributed by atoms with Crippen molar-refractivity contribution in [3.05, 3.63) is 52.6 Å². The normalized spacial score (nSPS) is 44.3. The summed E-state index contributed by atoms with van der Waals surface area (Å²) >= 11 is 5.80. The molecule has 0 amide bonds. The van der Waals surface area contributed by atoms with Gasteiger partial charge in [-0.3, -0.25) is 19.5 Å². The summed E-state index contributed by atoms with van der Waals surface area (Å²) < 4.78 is 74.4. The highest BCUT2D eigenvalue weighted by atomic mass is 35.5. The van der Waals surface area contributed by atoms with Crippen molar-refractivity contribution < 1.29 is 46.6 Å². The molecule has 0 unspecified atom stereocenters. The van der Waals surface area contributed by atoms with Crippen LogP contribution in [0.15, 0.2) is 42.0 Å². The second kappa shape index (κ2) is 8.86. The van der Waals surface area contributed by atoms with Gasteiger partial charge >= 0.3 is 6.18 Å². The van der Waals surface area contributed by atoms with Gasteiger partial charge in [-0.15, -0.1) is 0 Å². The molecule has 9 atom stereocenters. The van der Waals surface area contributed by atoms with Crippen LogP contribution in [0, 0.1) is 28.1 Å². The van der Waals surface area contributed by atoms with Gasteiger partial charge in [0.2, 0.25) is 0 Å². The zero-order valence-electron chi connectivity index (χ0n) is 23.1. The topological polar surface area (TPSA) is 87.1 Å². The number of fused-ring (bicyclic) bond motifs is 7. The monoisotopic (exact) mass is 615 g/mol. The Morgan fingerprint density at radius 2 is 1.90 bits per heavy atom. The number of hydrogen-bond donors (Lipinski definition) is 2. The van der Waals surface area contributed by atoms with Crippen LogP contribution in [0.5, 0.6) is 0 Å². The minimum atomic E-state index is -4.75. The first-order valence-corrected chi connectivity index (χ1v) is 14.2. The number of Topliss-reactive ketones (excluding diaryl/α,β-unsaturated/α-hetero) is 1. The Balaban J connectivity index is 1.46. The number of halogens is 6. The van der Waals surface area contributed by atoms with Gasteiger partial charge in [0.1, 0.15) is 12.8 Å². The maximum Gasteiger partial charge on any atom is 0.417 e. The van der Waals surface area contributed by atoms with Crippen LogP contribution in [-0.2, 0) is 20.6 Å². The second-order valence-corrected chi connectivity index (χ2v) is 13.5. The Morgan fingerprint density at radius 1 is 1.21 bits per heavy atom. The molecule has 1 saturated heterocycles. The standard InChI is InChI=1S/C30H31ClF5NO5/c1-25-7-6-17(39)9-19(25)21(32)10-22-26(2)11-15-13-37(16-4-5-20(31)18(8-16)30(34,35)36)42-29(15,24(41)14-38)27(26,3)12-23(40)28(22,25)33/h4-9,15,21-23,38,40H,10-14H2,1-3H3/t15-,21-,22-,23-,25-,26-,27-,28-,29-/m0/s1. The number of hydrogen-bond acceptors (Lipinski definition) is 6. The molecule has 228 valence electrons. The summed E-state index contributed by atoms with van der Waals surface area (Å²) in [6.07, 6.45) is -5.16. The zero-order valence-corrected chi connectivity index (χ0v) is 23.9. The molecule has 0 radical (unpaired) electrons. The minimum Gasteiger partial charge on any atom is -0.390 e. The number of aliphatic hydroxyl groups excluding tert-OH is 2. The van der Waals surface area contributed by atoms with Crippen LogP contribution >= 0.6 is 11.6 Å². The van der Waals surface area contributed by atoms with Crippen LogP contribution in [-0.4, -0.2) is 58.5 Å². The van der Waals surface area contributed by atoms with E-state index in [2.05, 4.69) is 0 Å². The van der Waals surface area contributed by atoms with Crippen molar-refractivity contribution in [2.45, 2.75) is 69.8 Å². The van der Waals surface area contributed by atoms with E-state index in [0.29, 0.717) is 0 Å². The molecule has 0 bridgehead atoms. The van der Waals surface area contributed by atoms with Gasteiger partial charge < -0.3 is 10.2 Å². The van der Waals surface area contributed by atoms with Gasteiger partial charge in [-0.1, -0.05) is 31.5 Å². The Hall–Kier alpha value is -2.34. The third-order valence-electron chi connectivity index (χ3n) is 11.5. The van der Waals surface area contributed by atoms with E-state index in [1.165, 1.54) is 25.1 Å². The van der Waals surface area contributed by atoms with E-state index in [4.69, 9.17) is 16.4 Å². The Kier molecular flexibility index (Phi) is 6.27. The van der Waals surface area contributed by atoms with Crippen molar-refractivity contribution in [3.63, 3.8) is 0 Å². The van der Waals surface area contributed by atoms with Crippen molar-refractivity contribution in [2.24, 2.45) is 28.1 Å². The highest BCUT2D eigenvalue weighted by Gasteiger charge is 2.83. The lowest BCUT2D eigenvalue weighted by atomic mass is 9.39. The van der Waals surface area contributed by atoms with Crippen molar-refractivity contribution in [3.8, 4) is 0 Å². The molecule has 0 aromatic heterocycles. The summed E-state index contributed by atoms with van der Waals surface area (Å²) in [6, 6.07) is 3.20. The van der Waals surface area contributed by atoms with Crippen LogP contribution in [0.3, 0.4) is 0 Å². The number of rotatable bonds is 3. The van der Waals surface area contributed by atoms with E-state index in [0.717, 1.165) is 23.3 Å². The van der Waals surface area contributed by atoms with Crippen molar-refractivity contribution in [1.29, 1.82) is 0 Å². The predicted molar refractivity (Wildman–Crippen MR) is 142 cm³/mol. The van der Waals surface area contributed by atoms with Crippen molar-refractivity contribution >= 4 is 28.9 Å². The van der Waals surface area contributed by atoms with E-state index < -0.39 is 86.6 Å². The molecule has 3 saturated carbocycles. The molecule has 4 fully saturated rings. The number of anilines is 1. The van der Waals surface area contributed by atoms with E-state index >= 15 is 8.78 Å². The maximum absolute atomic E-state index is 17.7. The maximum atomic E-state index is 17.7. The molecule has 6 nitrogen and oxygen atoms in total. The van der Waals surface area contributed by atoms with Gasteiger partial charge in [0, 0.05) is 22.7 Å². The number of benzene rings is 1. The van der Waals surface area contributed by atoms with Gasteiger partial charge in [-0.05, 0) is 67.5 Å². The van der Waals surface area contributed by atoms with Gasteiger partial charge in [0.05, 0.1) is 28.9 Å². The number of aliphatic hydroxyl groups is 2. The SMILES string of the molecule is C[C@]12C[C@H](O)[C@@]3(F)[C@@H](C[C@H](F)C4=CC(=O)C=C[C@@]43C)[C@]1(C)C[C@H]1CN(c3ccc(Cl)c(C(F)(F)F)c3)O[C@]12C(=O)CO. The van der Waals surface area contributed by atoms with Crippen LogP contribution < -0.4 is 5.06 Å². The third kappa shape index (κ3) is 3.36. The highest BCUT2D eigenvalue weighted by molar-refractivity contribution is 6.31. The molecule has 1 heterocycles. The van der Waals surface area contributed by atoms with Crippen LogP contribution in [0.25, 0.3) is 0 Å². The first kappa shape index (κ1) is 29.7. The fourth-order valence-electron chi connectivity index (χ4n) is 9.36. The van der Waals surface area contributed by atoms with E-state index in [1.807, 2.05) is 0 Å². The summed E-state index contributed by atoms with van der Waals surface area (Å²) in [6.45, 7) is 3.82. The van der Waals surface area contributed by atoms with Crippen LogP contribution in [0.1, 0.15) is 45.6 Å². The molecule has 1 aromatic carbocycles.